The minimum absolute atomic E-state index is 0.181. The van der Waals surface area contributed by atoms with Crippen LogP contribution in [-0.4, -0.2) is 60.1 Å². The van der Waals surface area contributed by atoms with Gasteiger partial charge in [-0.15, -0.1) is 0 Å². The number of para-hydroxylation sites is 2. The Kier molecular flexibility index (Phi) is 24.2. The lowest BCUT2D eigenvalue weighted by atomic mass is 10.2. The highest BCUT2D eigenvalue weighted by molar-refractivity contribution is 8.26. The minimum Gasteiger partial charge on any atom is -0.365 e. The third-order valence-corrected chi connectivity index (χ3v) is 9.37. The molecule has 0 aliphatic carbocycles. The maximum absolute atomic E-state index is 9.45. The molecule has 4 rings (SSSR count). The Morgan fingerprint density at radius 3 is 1.69 bits per heavy atom. The molecule has 0 aromatic heterocycles. The van der Waals surface area contributed by atoms with Gasteiger partial charge in [-0.05, 0) is 48.2 Å². The zero-order valence-corrected chi connectivity index (χ0v) is 34.7. The number of thioether (sulfide) groups is 3. The molecule has 0 bridgehead atoms. The molecule has 4 aromatic rings. The number of benzene rings is 4. The molecule has 0 aliphatic heterocycles. The number of hydrogen-bond acceptors (Lipinski definition) is 15. The van der Waals surface area contributed by atoms with Crippen molar-refractivity contribution >= 4 is 77.9 Å². The van der Waals surface area contributed by atoms with Crippen LogP contribution in [0.5, 0.6) is 0 Å². The van der Waals surface area contributed by atoms with Gasteiger partial charge < -0.3 is 30.6 Å². The number of amidine groups is 3. The predicted molar refractivity (Wildman–Crippen MR) is 241 cm³/mol. The molecule has 0 amide bonds. The van der Waals surface area contributed by atoms with E-state index < -0.39 is 0 Å². The average molecular weight is 848 g/mol. The normalized spacial score (nSPS) is 12.2. The number of unbranched alkanes of at least 4 members (excludes halogenated alkanes) is 2. The van der Waals surface area contributed by atoms with Crippen LogP contribution in [0.4, 0.5) is 11.4 Å². The van der Waals surface area contributed by atoms with Crippen molar-refractivity contribution in [3.05, 3.63) is 132 Å². The monoisotopic (exact) mass is 847 g/mol. The van der Waals surface area contributed by atoms with Crippen molar-refractivity contribution in [1.29, 1.82) is 5.41 Å². The second-order valence-electron chi connectivity index (χ2n) is 11.6. The zero-order valence-electron chi connectivity index (χ0n) is 32.2. The quantitative estimate of drug-likeness (QED) is 0.0220. The Morgan fingerprint density at radius 1 is 0.603 bits per heavy atom. The van der Waals surface area contributed by atoms with E-state index in [0.717, 1.165) is 90.0 Å². The number of aliphatic imine (C=N–C) groups is 3. The Balaban J connectivity index is 0.000000375. The summed E-state index contributed by atoms with van der Waals surface area (Å²) in [6, 6.07) is 38.4. The molecule has 0 spiro atoms. The average Bonchev–Trinajstić information content (AvgIpc) is 3.26. The lowest BCUT2D eigenvalue weighted by Crippen LogP contribution is -2.24. The van der Waals surface area contributed by atoms with Gasteiger partial charge in [0.1, 0.15) is 0 Å². The highest BCUT2D eigenvalue weighted by Gasteiger charge is 2.13. The maximum atomic E-state index is 9.45. The predicted octanol–water partition coefficient (Wildman–Crippen LogP) is 9.89. The second-order valence-corrected chi connectivity index (χ2v) is 14.5. The summed E-state index contributed by atoms with van der Waals surface area (Å²) in [6.45, 7) is 6.47. The van der Waals surface area contributed by atoms with Crippen LogP contribution >= 0.6 is 35.3 Å². The molecule has 7 N–H and O–H groups in total. The Labute approximate surface area is 351 Å². The molecule has 0 heterocycles. The van der Waals surface area contributed by atoms with Crippen LogP contribution in [0.1, 0.15) is 50.7 Å². The third-order valence-electron chi connectivity index (χ3n) is 7.13. The second kappa shape index (κ2) is 29.8. The van der Waals surface area contributed by atoms with E-state index in [4.69, 9.17) is 10.7 Å². The van der Waals surface area contributed by atoms with Gasteiger partial charge in [-0.3, -0.25) is 15.4 Å². The summed E-state index contributed by atoms with van der Waals surface area (Å²) in [6.07, 6.45) is 3.95. The van der Waals surface area contributed by atoms with Crippen molar-refractivity contribution in [2.45, 2.75) is 52.6 Å². The molecule has 0 saturated carbocycles. The largest absolute Gasteiger partial charge is 0.365 e. The first-order valence-corrected chi connectivity index (χ1v) is 20.7. The Hall–Kier alpha value is -5.37. The number of anilines is 1. The van der Waals surface area contributed by atoms with Crippen LogP contribution in [0, 0.1) is 5.41 Å². The van der Waals surface area contributed by atoms with Crippen LogP contribution in [0.15, 0.2) is 147 Å². The fourth-order valence-electron chi connectivity index (χ4n) is 4.29. The van der Waals surface area contributed by atoms with Crippen molar-refractivity contribution in [1.82, 2.24) is 10.6 Å². The Bertz CT molecular complexity index is 1890. The van der Waals surface area contributed by atoms with E-state index in [1.54, 1.807) is 0 Å². The van der Waals surface area contributed by atoms with Crippen LogP contribution in [-0.2, 0) is 27.8 Å². The topological polar surface area (TPSA) is 210 Å². The van der Waals surface area contributed by atoms with E-state index in [0.29, 0.717) is 35.1 Å². The van der Waals surface area contributed by atoms with Crippen molar-refractivity contribution in [2.75, 3.05) is 18.4 Å². The lowest BCUT2D eigenvalue weighted by Gasteiger charge is -2.10. The van der Waals surface area contributed by atoms with Gasteiger partial charge in [-0.25, -0.2) is 20.8 Å². The Morgan fingerprint density at radius 2 is 1.14 bits per heavy atom. The smallest absolute Gasteiger partial charge is 0.317 e. The first-order chi connectivity index (χ1) is 28.5. The summed E-state index contributed by atoms with van der Waals surface area (Å²) in [7, 11) is 0. The number of nitrogens with one attached hydrogen (secondary N) is 4. The van der Waals surface area contributed by atoms with Crippen LogP contribution in [0.2, 0.25) is 0 Å². The number of rotatable bonds is 13. The minimum atomic E-state index is -0.358. The van der Waals surface area contributed by atoms with Crippen LogP contribution in [0.25, 0.3) is 0 Å². The summed E-state index contributed by atoms with van der Waals surface area (Å²) in [5, 5.41) is 52.7. The molecule has 0 radical (unpaired) electrons. The first-order valence-electron chi connectivity index (χ1n) is 18.3. The van der Waals surface area contributed by atoms with Gasteiger partial charge in [0.2, 0.25) is 0 Å². The van der Waals surface area contributed by atoms with Gasteiger partial charge in [0.25, 0.3) is 5.23 Å². The van der Waals surface area contributed by atoms with Gasteiger partial charge in [0.15, 0.2) is 15.5 Å². The molecule has 0 unspecified atom stereocenters. The highest BCUT2D eigenvalue weighted by atomic mass is 32.2. The SMILES string of the molecule is CCCCN=C(NCCCC)SC(=NN=C(OO)SC(=NCc1ccccc1)NCc1ccccc1)OO.N=C(OO)SC(=Nc1ccccc1)Nc1ccccc1. The highest BCUT2D eigenvalue weighted by Crippen LogP contribution is 2.18. The molecule has 0 aliphatic rings. The third kappa shape index (κ3) is 20.7. The van der Waals surface area contributed by atoms with Gasteiger partial charge in [0, 0.05) is 60.6 Å². The van der Waals surface area contributed by atoms with Gasteiger partial charge in [-0.2, -0.15) is 0 Å². The lowest BCUT2D eigenvalue weighted by molar-refractivity contribution is -0.152. The van der Waals surface area contributed by atoms with Gasteiger partial charge in [-0.1, -0.05) is 134 Å². The molecule has 0 fully saturated rings. The van der Waals surface area contributed by atoms with Gasteiger partial charge in [0.05, 0.1) is 12.2 Å². The van der Waals surface area contributed by atoms with Crippen LogP contribution in [0.3, 0.4) is 0 Å². The molecule has 18 heteroatoms. The van der Waals surface area contributed by atoms with Crippen molar-refractivity contribution in [3.8, 4) is 0 Å². The number of nitrogens with zero attached hydrogens (tertiary/aromatic N) is 5. The number of hydrogen-bond donors (Lipinski definition) is 7. The van der Waals surface area contributed by atoms with E-state index in [2.05, 4.69) is 69.6 Å². The standard InChI is InChI=1S/C26H36N6O4S2.C14H13N3O2S/c1-3-5-17-27-23(28-18-6-4-2)37-25(35-33)31-32-26(36-34)38-24(29-19-21-13-9-7-10-14-21)30-20-22-15-11-8-12-16-22;15-13(19-18)20-14(16-11-7-3-1-4-8-11)17-12-9-5-2-6-10-12/h7-16,33-34H,3-6,17-20H2,1-2H3,(H,27,28)(H,29,30);1-10,15,18H,(H,16,17). The fraction of sp³-hybridized carbons (Fsp3) is 0.250. The van der Waals surface area contributed by atoms with E-state index in [1.807, 2.05) is 121 Å². The van der Waals surface area contributed by atoms with Gasteiger partial charge >= 0.3 is 10.5 Å². The molecular formula is C40H49N9O6S3. The summed E-state index contributed by atoms with van der Waals surface area (Å²) in [5.74, 6) is 0. The summed E-state index contributed by atoms with van der Waals surface area (Å²) >= 11 is 2.83. The fourth-order valence-corrected chi connectivity index (χ4v) is 5.99. The maximum Gasteiger partial charge on any atom is 0.317 e. The molecule has 4 aromatic carbocycles. The first kappa shape index (κ1) is 47.0. The van der Waals surface area contributed by atoms with E-state index >= 15 is 0 Å². The van der Waals surface area contributed by atoms with E-state index in [1.165, 1.54) is 0 Å². The molecule has 0 saturated heterocycles. The van der Waals surface area contributed by atoms with E-state index in [-0.39, 0.29) is 15.7 Å². The van der Waals surface area contributed by atoms with Crippen molar-refractivity contribution in [2.24, 2.45) is 25.2 Å². The molecular weight excluding hydrogens is 799 g/mol. The van der Waals surface area contributed by atoms with E-state index in [9.17, 15) is 10.5 Å². The summed E-state index contributed by atoms with van der Waals surface area (Å²) < 4.78 is 0. The van der Waals surface area contributed by atoms with Crippen molar-refractivity contribution < 1.29 is 30.4 Å². The van der Waals surface area contributed by atoms with Crippen LogP contribution < -0.4 is 16.0 Å². The molecule has 308 valence electrons. The summed E-state index contributed by atoms with van der Waals surface area (Å²) in [5.41, 5.74) is 3.65. The zero-order chi connectivity index (χ0) is 41.5. The summed E-state index contributed by atoms with van der Waals surface area (Å²) in [4.78, 5) is 26.2. The molecule has 15 nitrogen and oxygen atoms in total. The molecule has 0 atom stereocenters. The molecule has 58 heavy (non-hydrogen) atoms. The van der Waals surface area contributed by atoms with Crippen molar-refractivity contribution in [3.63, 3.8) is 0 Å².